The summed E-state index contributed by atoms with van der Waals surface area (Å²) in [5.74, 6) is 5.69. The molecule has 1 aliphatic rings. The van der Waals surface area contributed by atoms with E-state index in [2.05, 4.69) is 27.4 Å². The molecule has 0 aromatic heterocycles. The molecule has 1 aliphatic carbocycles. The van der Waals surface area contributed by atoms with Crippen molar-refractivity contribution >= 4 is 27.5 Å². The Labute approximate surface area is 115 Å². The molecule has 0 spiro atoms. The highest BCUT2D eigenvalue weighted by atomic mass is 79.9. The summed E-state index contributed by atoms with van der Waals surface area (Å²) in [6.07, 6.45) is 7.02. The Kier molecular flexibility index (Phi) is 4.62. The quantitative estimate of drug-likeness (QED) is 0.500. The summed E-state index contributed by atoms with van der Waals surface area (Å²) < 4.78 is 0.910. The molecule has 0 aliphatic heterocycles. The Hall–Kier alpha value is -0.350. The van der Waals surface area contributed by atoms with E-state index in [1.807, 2.05) is 18.2 Å². The van der Waals surface area contributed by atoms with Crippen LogP contribution in [-0.4, -0.2) is 0 Å². The van der Waals surface area contributed by atoms with Crippen LogP contribution in [0.4, 0.5) is 0 Å². The fourth-order valence-corrected chi connectivity index (χ4v) is 2.88. The van der Waals surface area contributed by atoms with E-state index in [4.69, 9.17) is 17.4 Å². The van der Waals surface area contributed by atoms with Crippen molar-refractivity contribution in [1.29, 1.82) is 0 Å². The van der Waals surface area contributed by atoms with E-state index < -0.39 is 0 Å². The number of hydrazine groups is 1. The zero-order chi connectivity index (χ0) is 12.3. The van der Waals surface area contributed by atoms with Crippen molar-refractivity contribution < 1.29 is 0 Å². The van der Waals surface area contributed by atoms with Gasteiger partial charge in [-0.3, -0.25) is 5.84 Å². The Balaban J connectivity index is 2.34. The van der Waals surface area contributed by atoms with Crippen molar-refractivity contribution in [1.82, 2.24) is 5.43 Å². The van der Waals surface area contributed by atoms with Gasteiger partial charge in [-0.05, 0) is 53.2 Å². The molecule has 0 fully saturated rings. The maximum atomic E-state index is 6.32. The molecule has 2 nitrogen and oxygen atoms in total. The van der Waals surface area contributed by atoms with Crippen molar-refractivity contribution in [2.75, 3.05) is 0 Å². The van der Waals surface area contributed by atoms with E-state index in [-0.39, 0.29) is 6.04 Å². The monoisotopic (exact) mass is 314 g/mol. The van der Waals surface area contributed by atoms with E-state index >= 15 is 0 Å². The first-order valence-corrected chi connectivity index (χ1v) is 7.00. The van der Waals surface area contributed by atoms with Gasteiger partial charge >= 0.3 is 0 Å². The van der Waals surface area contributed by atoms with Crippen LogP contribution in [0, 0.1) is 0 Å². The second-order valence-electron chi connectivity index (χ2n) is 4.27. The summed E-state index contributed by atoms with van der Waals surface area (Å²) in [6, 6.07) is 5.97. The van der Waals surface area contributed by atoms with Gasteiger partial charge in [0.2, 0.25) is 0 Å². The summed E-state index contributed by atoms with van der Waals surface area (Å²) >= 11 is 9.76. The number of nitrogens with one attached hydrogen (secondary N) is 1. The van der Waals surface area contributed by atoms with E-state index in [1.54, 1.807) is 0 Å². The lowest BCUT2D eigenvalue weighted by molar-refractivity contribution is 0.566. The van der Waals surface area contributed by atoms with Crippen LogP contribution >= 0.6 is 27.5 Å². The smallest absolute Gasteiger partial charge is 0.0684 e. The van der Waals surface area contributed by atoms with E-state index in [0.29, 0.717) is 0 Å². The molecule has 92 valence electrons. The summed E-state index contributed by atoms with van der Waals surface area (Å²) in [7, 11) is 0. The number of benzene rings is 1. The lowest BCUT2D eigenvalue weighted by Gasteiger charge is -2.24. The number of hydrogen-bond acceptors (Lipinski definition) is 2. The number of nitrogens with two attached hydrogens (primary N) is 1. The number of halogens is 2. The van der Waals surface area contributed by atoms with Crippen molar-refractivity contribution in [2.45, 2.75) is 31.7 Å². The van der Waals surface area contributed by atoms with Gasteiger partial charge in [0.15, 0.2) is 0 Å². The minimum atomic E-state index is 0.0281. The molecule has 4 heteroatoms. The van der Waals surface area contributed by atoms with Gasteiger partial charge in [-0.1, -0.05) is 35.4 Å². The molecule has 0 amide bonds. The fraction of sp³-hybridized carbons (Fsp3) is 0.385. The Morgan fingerprint density at radius 1 is 1.35 bits per heavy atom. The topological polar surface area (TPSA) is 38.0 Å². The molecular formula is C13H16BrClN2. The largest absolute Gasteiger partial charge is 0.271 e. The molecule has 1 aromatic carbocycles. The van der Waals surface area contributed by atoms with Gasteiger partial charge < -0.3 is 0 Å². The van der Waals surface area contributed by atoms with Gasteiger partial charge in [-0.15, -0.1) is 0 Å². The van der Waals surface area contributed by atoms with Gasteiger partial charge in [0.1, 0.15) is 0 Å². The van der Waals surface area contributed by atoms with Crippen LogP contribution in [0.25, 0.3) is 0 Å². The molecule has 1 unspecified atom stereocenters. The molecule has 17 heavy (non-hydrogen) atoms. The highest BCUT2D eigenvalue weighted by molar-refractivity contribution is 9.10. The third-order valence-electron chi connectivity index (χ3n) is 3.16. The average Bonchev–Trinajstić information content (AvgIpc) is 2.37. The summed E-state index contributed by atoms with van der Waals surface area (Å²) in [5, 5.41) is 0.738. The first kappa shape index (κ1) is 13.1. The molecule has 0 saturated carbocycles. The fourth-order valence-electron chi connectivity index (χ4n) is 2.27. The zero-order valence-electron chi connectivity index (χ0n) is 9.55. The highest BCUT2D eigenvalue weighted by Crippen LogP contribution is 2.35. The minimum absolute atomic E-state index is 0.0281. The zero-order valence-corrected chi connectivity index (χ0v) is 11.9. The second-order valence-corrected chi connectivity index (χ2v) is 5.50. The third kappa shape index (κ3) is 2.91. The molecule has 3 N–H and O–H groups in total. The van der Waals surface area contributed by atoms with Gasteiger partial charge in [0, 0.05) is 4.47 Å². The van der Waals surface area contributed by atoms with E-state index in [0.717, 1.165) is 27.9 Å². The van der Waals surface area contributed by atoms with Gasteiger partial charge in [0.25, 0.3) is 0 Å². The number of allylic oxidation sites excluding steroid dienone is 1. The van der Waals surface area contributed by atoms with Gasteiger partial charge in [0.05, 0.1) is 11.1 Å². The van der Waals surface area contributed by atoms with E-state index in [9.17, 15) is 0 Å². The number of hydrogen-bond donors (Lipinski definition) is 2. The molecule has 0 radical (unpaired) electrons. The number of rotatable bonds is 3. The summed E-state index contributed by atoms with van der Waals surface area (Å²) in [4.78, 5) is 0. The second kappa shape index (κ2) is 6.01. The molecule has 1 aromatic rings. The lowest BCUT2D eigenvalue weighted by Crippen LogP contribution is -2.30. The van der Waals surface area contributed by atoms with Crippen molar-refractivity contribution in [3.05, 3.63) is 44.9 Å². The van der Waals surface area contributed by atoms with Crippen LogP contribution < -0.4 is 11.3 Å². The molecule has 2 rings (SSSR count). The minimum Gasteiger partial charge on any atom is -0.271 e. The summed E-state index contributed by atoms with van der Waals surface area (Å²) in [5.41, 5.74) is 5.27. The molecule has 0 saturated heterocycles. The van der Waals surface area contributed by atoms with Crippen LogP contribution in [0.1, 0.15) is 37.3 Å². The van der Waals surface area contributed by atoms with Crippen molar-refractivity contribution in [3.8, 4) is 0 Å². The van der Waals surface area contributed by atoms with Crippen molar-refractivity contribution in [2.24, 2.45) is 5.84 Å². The van der Waals surface area contributed by atoms with Crippen molar-refractivity contribution in [3.63, 3.8) is 0 Å². The standard InChI is InChI=1S/C13H16BrClN2/c14-11-8-4-7-10(12(11)15)13(17-16)9-5-2-1-3-6-9/h4-5,7-8,13,17H,1-3,6,16H2. The molecular weight excluding hydrogens is 300 g/mol. The van der Waals surface area contributed by atoms with Crippen LogP contribution in [0.15, 0.2) is 34.3 Å². The first-order chi connectivity index (χ1) is 8.24. The predicted octanol–water partition coefficient (Wildman–Crippen LogP) is 4.11. The molecule has 0 bridgehead atoms. The van der Waals surface area contributed by atoms with E-state index in [1.165, 1.54) is 18.4 Å². The predicted molar refractivity (Wildman–Crippen MR) is 75.8 cm³/mol. The Morgan fingerprint density at radius 2 is 2.18 bits per heavy atom. The maximum absolute atomic E-state index is 6.32. The first-order valence-electron chi connectivity index (χ1n) is 5.83. The normalized spacial score (nSPS) is 17.7. The SMILES string of the molecule is NNC(C1=CCCCC1)c1cccc(Br)c1Cl. The Bertz CT molecular complexity index is 431. The van der Waals surface area contributed by atoms with Crippen LogP contribution in [0.2, 0.25) is 5.02 Å². The third-order valence-corrected chi connectivity index (χ3v) is 4.47. The van der Waals surface area contributed by atoms with Crippen LogP contribution in [0.3, 0.4) is 0 Å². The van der Waals surface area contributed by atoms with Gasteiger partial charge in [-0.25, -0.2) is 5.43 Å². The maximum Gasteiger partial charge on any atom is 0.0684 e. The summed E-state index contributed by atoms with van der Waals surface area (Å²) in [6.45, 7) is 0. The van der Waals surface area contributed by atoms with Crippen LogP contribution in [-0.2, 0) is 0 Å². The van der Waals surface area contributed by atoms with Gasteiger partial charge in [-0.2, -0.15) is 0 Å². The molecule has 0 heterocycles. The average molecular weight is 316 g/mol. The lowest BCUT2D eigenvalue weighted by atomic mass is 9.90. The highest BCUT2D eigenvalue weighted by Gasteiger charge is 2.20. The van der Waals surface area contributed by atoms with Crippen LogP contribution in [0.5, 0.6) is 0 Å². The molecule has 1 atom stereocenters. The Morgan fingerprint density at radius 3 is 2.82 bits per heavy atom.